The van der Waals surface area contributed by atoms with Crippen LogP contribution in [0.2, 0.25) is 0 Å². The number of fused-ring (bicyclic) bond motifs is 1. The number of benzene rings is 2. The van der Waals surface area contributed by atoms with E-state index in [9.17, 15) is 14.0 Å². The summed E-state index contributed by atoms with van der Waals surface area (Å²) in [5.41, 5.74) is 1.38. The van der Waals surface area contributed by atoms with Crippen LogP contribution in [0.3, 0.4) is 0 Å². The van der Waals surface area contributed by atoms with Crippen LogP contribution in [-0.4, -0.2) is 40.6 Å². The molecule has 160 valence electrons. The van der Waals surface area contributed by atoms with Crippen molar-refractivity contribution >= 4 is 29.0 Å². The van der Waals surface area contributed by atoms with Crippen molar-refractivity contribution in [2.75, 3.05) is 20.3 Å². The first-order valence-corrected chi connectivity index (χ1v) is 10.1. The highest BCUT2D eigenvalue weighted by Crippen LogP contribution is 2.15. The van der Waals surface area contributed by atoms with E-state index in [4.69, 9.17) is 23.4 Å². The number of nitrogens with zero attached hydrogens (tertiary/aromatic N) is 2. The largest absolute Gasteiger partial charge is 0.385 e. The summed E-state index contributed by atoms with van der Waals surface area (Å²) in [7, 11) is 1.60. The summed E-state index contributed by atoms with van der Waals surface area (Å²) in [5.74, 6) is 1.83. The Hall–Kier alpha value is -3.28. The quantitative estimate of drug-likeness (QED) is 0.331. The molecule has 0 atom stereocenters. The molecule has 3 rings (SSSR count). The zero-order valence-electron chi connectivity index (χ0n) is 17.1. The van der Waals surface area contributed by atoms with Crippen molar-refractivity contribution in [1.29, 1.82) is 0 Å². The number of hydrogen-bond donors (Lipinski definition) is 1. The molecule has 2 aromatic carbocycles. The first-order chi connectivity index (χ1) is 14.9. The number of ether oxygens (including phenoxy) is 1. The molecule has 3 aromatic rings. The first-order valence-electron chi connectivity index (χ1n) is 9.67. The third-order valence-electron chi connectivity index (χ3n) is 4.82. The van der Waals surface area contributed by atoms with Gasteiger partial charge in [0.05, 0.1) is 17.4 Å². The maximum Gasteiger partial charge on any atom is 0.262 e. The van der Waals surface area contributed by atoms with Gasteiger partial charge in [0.1, 0.15) is 5.82 Å². The molecule has 1 aromatic heterocycles. The topological polar surface area (TPSA) is 67.3 Å². The Morgan fingerprint density at radius 3 is 2.71 bits per heavy atom. The monoisotopic (exact) mass is 439 g/mol. The van der Waals surface area contributed by atoms with Crippen LogP contribution >= 0.6 is 12.2 Å². The van der Waals surface area contributed by atoms with Gasteiger partial charge in [0, 0.05) is 32.4 Å². The molecule has 6 nitrogen and oxygen atoms in total. The second kappa shape index (κ2) is 10.2. The van der Waals surface area contributed by atoms with E-state index in [0.717, 1.165) is 5.56 Å². The van der Waals surface area contributed by atoms with Crippen LogP contribution in [0, 0.1) is 22.9 Å². The average Bonchev–Trinajstić information content (AvgIpc) is 2.76. The van der Waals surface area contributed by atoms with E-state index >= 15 is 0 Å². The number of terminal acetylenes is 1. The van der Waals surface area contributed by atoms with Crippen LogP contribution in [0.4, 0.5) is 4.39 Å². The predicted octanol–water partition coefficient (Wildman–Crippen LogP) is 3.51. The van der Waals surface area contributed by atoms with Gasteiger partial charge in [-0.05, 0) is 54.5 Å². The molecule has 0 fully saturated rings. The van der Waals surface area contributed by atoms with E-state index in [2.05, 4.69) is 10.9 Å². The highest BCUT2D eigenvalue weighted by atomic mass is 32.1. The van der Waals surface area contributed by atoms with E-state index in [1.165, 1.54) is 21.6 Å². The van der Waals surface area contributed by atoms with Gasteiger partial charge in [0.2, 0.25) is 0 Å². The Balaban J connectivity index is 1.91. The van der Waals surface area contributed by atoms with E-state index in [0.29, 0.717) is 36.0 Å². The Morgan fingerprint density at radius 1 is 1.29 bits per heavy atom. The lowest BCUT2D eigenvalue weighted by molar-refractivity contribution is 0.0766. The number of halogens is 1. The Kier molecular flexibility index (Phi) is 7.34. The number of hydrogen-bond acceptors (Lipinski definition) is 4. The van der Waals surface area contributed by atoms with Gasteiger partial charge in [0.15, 0.2) is 4.77 Å². The average molecular weight is 440 g/mol. The SMILES string of the molecule is C#CCN(Cc1ccc(F)cc1)C(=O)c1ccc2c(=O)n(CCCOC)c(=S)[nH]c2c1. The molecular weight excluding hydrogens is 417 g/mol. The molecule has 0 aliphatic rings. The molecule has 0 saturated carbocycles. The number of methoxy groups -OCH3 is 1. The molecule has 8 heteroatoms. The number of H-pyrrole nitrogens is 1. The fourth-order valence-electron chi connectivity index (χ4n) is 3.26. The summed E-state index contributed by atoms with van der Waals surface area (Å²) in [6, 6.07) is 10.7. The summed E-state index contributed by atoms with van der Waals surface area (Å²) in [6.07, 6.45) is 6.10. The Bertz CT molecular complexity index is 1240. The number of carbonyl (C=O) groups is 1. The molecule has 0 spiro atoms. The maximum atomic E-state index is 13.2. The molecule has 1 heterocycles. The lowest BCUT2D eigenvalue weighted by Crippen LogP contribution is -2.31. The molecule has 0 unspecified atom stereocenters. The fourth-order valence-corrected chi connectivity index (χ4v) is 3.54. The number of nitrogens with one attached hydrogen (secondary N) is 1. The number of amides is 1. The number of rotatable bonds is 8. The van der Waals surface area contributed by atoms with Gasteiger partial charge in [-0.25, -0.2) is 4.39 Å². The standard InChI is InChI=1S/C23H22FN3O3S/c1-3-11-26(15-16-5-8-18(24)9-6-16)21(28)17-7-10-19-20(14-17)25-23(31)27(22(19)29)12-4-13-30-2/h1,5-10,14H,4,11-13,15H2,2H3,(H,25,31). The van der Waals surface area contributed by atoms with Crippen molar-refractivity contribution in [3.8, 4) is 12.3 Å². The van der Waals surface area contributed by atoms with Crippen LogP contribution in [0.5, 0.6) is 0 Å². The van der Waals surface area contributed by atoms with Crippen LogP contribution < -0.4 is 5.56 Å². The van der Waals surface area contributed by atoms with Gasteiger partial charge in [-0.3, -0.25) is 14.2 Å². The van der Waals surface area contributed by atoms with Gasteiger partial charge < -0.3 is 14.6 Å². The van der Waals surface area contributed by atoms with Crippen molar-refractivity contribution in [2.24, 2.45) is 0 Å². The molecule has 0 aliphatic carbocycles. The van der Waals surface area contributed by atoms with Crippen molar-refractivity contribution < 1.29 is 13.9 Å². The van der Waals surface area contributed by atoms with Crippen LogP contribution in [-0.2, 0) is 17.8 Å². The Labute approximate surface area is 184 Å². The number of carbonyl (C=O) groups excluding carboxylic acids is 1. The van der Waals surface area contributed by atoms with Gasteiger partial charge in [-0.1, -0.05) is 18.1 Å². The second-order valence-electron chi connectivity index (χ2n) is 6.99. The molecule has 0 saturated heterocycles. The lowest BCUT2D eigenvalue weighted by atomic mass is 10.1. The predicted molar refractivity (Wildman–Crippen MR) is 120 cm³/mol. The van der Waals surface area contributed by atoms with E-state index < -0.39 is 0 Å². The lowest BCUT2D eigenvalue weighted by Gasteiger charge is -2.21. The number of aromatic amines is 1. The molecule has 1 N–H and O–H groups in total. The molecule has 0 radical (unpaired) electrons. The smallest absolute Gasteiger partial charge is 0.262 e. The summed E-state index contributed by atoms with van der Waals surface area (Å²) >= 11 is 5.33. The zero-order chi connectivity index (χ0) is 22.4. The summed E-state index contributed by atoms with van der Waals surface area (Å²) < 4.78 is 20.0. The normalized spacial score (nSPS) is 10.7. The van der Waals surface area contributed by atoms with Crippen LogP contribution in [0.15, 0.2) is 47.3 Å². The van der Waals surface area contributed by atoms with Gasteiger partial charge in [-0.2, -0.15) is 0 Å². The van der Waals surface area contributed by atoms with Crippen LogP contribution in [0.1, 0.15) is 22.3 Å². The Morgan fingerprint density at radius 2 is 2.03 bits per heavy atom. The minimum absolute atomic E-state index is 0.0886. The maximum absolute atomic E-state index is 13.2. The highest BCUT2D eigenvalue weighted by Gasteiger charge is 2.17. The molecule has 0 aliphatic heterocycles. The minimum Gasteiger partial charge on any atom is -0.385 e. The third-order valence-corrected chi connectivity index (χ3v) is 5.14. The molecular formula is C23H22FN3O3S. The summed E-state index contributed by atoms with van der Waals surface area (Å²) in [6.45, 7) is 1.28. The van der Waals surface area contributed by atoms with Crippen molar-refractivity contribution in [3.63, 3.8) is 0 Å². The molecule has 0 bridgehead atoms. The first kappa shape index (κ1) is 22.4. The molecule has 31 heavy (non-hydrogen) atoms. The highest BCUT2D eigenvalue weighted by molar-refractivity contribution is 7.71. The van der Waals surface area contributed by atoms with Gasteiger partial charge in [-0.15, -0.1) is 6.42 Å². The van der Waals surface area contributed by atoms with Gasteiger partial charge in [0.25, 0.3) is 11.5 Å². The van der Waals surface area contributed by atoms with Crippen molar-refractivity contribution in [1.82, 2.24) is 14.5 Å². The van der Waals surface area contributed by atoms with Crippen molar-refractivity contribution in [2.45, 2.75) is 19.5 Å². The minimum atomic E-state index is -0.351. The van der Waals surface area contributed by atoms with E-state index in [1.54, 1.807) is 37.4 Å². The van der Waals surface area contributed by atoms with E-state index in [1.807, 2.05) is 0 Å². The summed E-state index contributed by atoms with van der Waals surface area (Å²) in [4.78, 5) is 30.4. The third kappa shape index (κ3) is 5.26. The summed E-state index contributed by atoms with van der Waals surface area (Å²) in [5, 5.41) is 0.435. The van der Waals surface area contributed by atoms with Crippen LogP contribution in [0.25, 0.3) is 10.9 Å². The van der Waals surface area contributed by atoms with Gasteiger partial charge >= 0.3 is 0 Å². The number of aromatic nitrogens is 2. The fraction of sp³-hybridized carbons (Fsp3) is 0.261. The molecule has 1 amide bonds. The second-order valence-corrected chi connectivity index (χ2v) is 7.37. The zero-order valence-corrected chi connectivity index (χ0v) is 17.9. The van der Waals surface area contributed by atoms with Crippen molar-refractivity contribution in [3.05, 3.63) is 74.5 Å². The van der Waals surface area contributed by atoms with E-state index in [-0.39, 0.29) is 35.1 Å².